The molecular weight excluding hydrogens is 302 g/mol. The number of nitrogens with one attached hydrogen (secondary N) is 1. The van der Waals surface area contributed by atoms with E-state index in [0.717, 1.165) is 5.56 Å². The second-order valence-electron chi connectivity index (χ2n) is 4.77. The van der Waals surface area contributed by atoms with Gasteiger partial charge >= 0.3 is 0 Å². The Morgan fingerprint density at radius 3 is 2.68 bits per heavy atom. The lowest BCUT2D eigenvalue weighted by atomic mass is 10.1. The topological polar surface area (TPSA) is 67.8 Å². The molecule has 2 aromatic rings. The molecule has 2 N–H and O–H groups in total. The lowest BCUT2D eigenvalue weighted by molar-refractivity contribution is 0.0918. The number of aliphatic hydroxyl groups excluding tert-OH is 1. The van der Waals surface area contributed by atoms with Crippen molar-refractivity contribution in [3.8, 4) is 11.5 Å². The van der Waals surface area contributed by atoms with Crippen LogP contribution >= 0.6 is 11.3 Å². The van der Waals surface area contributed by atoms with Crippen molar-refractivity contribution in [2.45, 2.75) is 13.0 Å². The Hall–Kier alpha value is -2.05. The summed E-state index contributed by atoms with van der Waals surface area (Å²) >= 11 is 1.38. The number of aryl methyl sites for hydroxylation is 1. The highest BCUT2D eigenvalue weighted by molar-refractivity contribution is 7.12. The standard InChI is InChI=1S/C16H19NO4S/c1-10-6-7-22-15(10)16(19)17-9-13(18)12-8-11(20-2)4-5-14(12)21-3/h4-8,13,18H,9H2,1-3H3,(H,17,19). The van der Waals surface area contributed by atoms with E-state index in [0.29, 0.717) is 21.9 Å². The molecule has 0 saturated carbocycles. The summed E-state index contributed by atoms with van der Waals surface area (Å²) in [4.78, 5) is 12.7. The highest BCUT2D eigenvalue weighted by Gasteiger charge is 2.17. The Morgan fingerprint density at radius 2 is 2.09 bits per heavy atom. The fraction of sp³-hybridized carbons (Fsp3) is 0.312. The lowest BCUT2D eigenvalue weighted by Gasteiger charge is -2.16. The van der Waals surface area contributed by atoms with Crippen molar-refractivity contribution in [2.24, 2.45) is 0 Å². The molecule has 0 aliphatic heterocycles. The maximum atomic E-state index is 12.1. The third-order valence-electron chi connectivity index (χ3n) is 3.32. The van der Waals surface area contributed by atoms with E-state index in [9.17, 15) is 9.90 Å². The molecule has 1 unspecified atom stereocenters. The van der Waals surface area contributed by atoms with E-state index in [1.54, 1.807) is 25.3 Å². The molecule has 1 atom stereocenters. The minimum absolute atomic E-state index is 0.0969. The zero-order chi connectivity index (χ0) is 16.1. The van der Waals surface area contributed by atoms with Crippen LogP contribution in [-0.4, -0.2) is 31.8 Å². The highest BCUT2D eigenvalue weighted by atomic mass is 32.1. The average Bonchev–Trinajstić information content (AvgIpc) is 2.97. The van der Waals surface area contributed by atoms with E-state index in [-0.39, 0.29) is 12.5 Å². The number of rotatable bonds is 6. The van der Waals surface area contributed by atoms with Crippen molar-refractivity contribution in [3.05, 3.63) is 45.6 Å². The molecule has 0 saturated heterocycles. The molecule has 5 nitrogen and oxygen atoms in total. The van der Waals surface area contributed by atoms with Gasteiger partial charge in [-0.25, -0.2) is 0 Å². The summed E-state index contributed by atoms with van der Waals surface area (Å²) in [5.41, 5.74) is 1.50. The first-order valence-electron chi connectivity index (χ1n) is 6.79. The number of amides is 1. The SMILES string of the molecule is COc1ccc(OC)c(C(O)CNC(=O)c2sccc2C)c1. The Morgan fingerprint density at radius 1 is 1.32 bits per heavy atom. The van der Waals surface area contributed by atoms with Gasteiger partial charge in [-0.2, -0.15) is 0 Å². The normalized spacial score (nSPS) is 11.8. The van der Waals surface area contributed by atoms with Gasteiger partial charge in [0.1, 0.15) is 17.6 Å². The first-order chi connectivity index (χ1) is 10.6. The van der Waals surface area contributed by atoms with Crippen molar-refractivity contribution in [1.29, 1.82) is 0 Å². The van der Waals surface area contributed by atoms with Gasteiger partial charge in [0.05, 0.1) is 19.1 Å². The number of aliphatic hydroxyl groups is 1. The van der Waals surface area contributed by atoms with Gasteiger partial charge in [0.25, 0.3) is 5.91 Å². The maximum absolute atomic E-state index is 12.1. The van der Waals surface area contributed by atoms with Gasteiger partial charge in [-0.1, -0.05) is 0 Å². The number of hydrogen-bond acceptors (Lipinski definition) is 5. The van der Waals surface area contributed by atoms with E-state index >= 15 is 0 Å². The molecule has 0 radical (unpaired) electrons. The number of thiophene rings is 1. The molecule has 0 bridgehead atoms. The largest absolute Gasteiger partial charge is 0.497 e. The summed E-state index contributed by atoms with van der Waals surface area (Å²) in [5.74, 6) is 0.985. The van der Waals surface area contributed by atoms with Crippen molar-refractivity contribution in [2.75, 3.05) is 20.8 Å². The van der Waals surface area contributed by atoms with E-state index < -0.39 is 6.10 Å². The predicted octanol–water partition coefficient (Wildman–Crippen LogP) is 2.54. The average molecular weight is 321 g/mol. The summed E-state index contributed by atoms with van der Waals surface area (Å²) in [6.07, 6.45) is -0.880. The zero-order valence-corrected chi connectivity index (χ0v) is 13.6. The van der Waals surface area contributed by atoms with Crippen LogP contribution in [0.3, 0.4) is 0 Å². The first-order valence-corrected chi connectivity index (χ1v) is 7.67. The van der Waals surface area contributed by atoms with Crippen LogP contribution in [0.1, 0.15) is 26.9 Å². The minimum atomic E-state index is -0.880. The first kappa shape index (κ1) is 16.3. The predicted molar refractivity (Wildman–Crippen MR) is 85.9 cm³/mol. The Bertz CT molecular complexity index is 653. The van der Waals surface area contributed by atoms with Crippen LogP contribution in [0.4, 0.5) is 0 Å². The number of carbonyl (C=O) groups excluding carboxylic acids is 1. The molecule has 118 valence electrons. The van der Waals surface area contributed by atoms with Crippen molar-refractivity contribution >= 4 is 17.2 Å². The van der Waals surface area contributed by atoms with E-state index in [2.05, 4.69) is 5.32 Å². The van der Waals surface area contributed by atoms with E-state index in [4.69, 9.17) is 9.47 Å². The summed E-state index contributed by atoms with van der Waals surface area (Å²) in [7, 11) is 3.09. The summed E-state index contributed by atoms with van der Waals surface area (Å²) < 4.78 is 10.4. The van der Waals surface area contributed by atoms with Gasteiger partial charge in [0, 0.05) is 12.1 Å². The number of benzene rings is 1. The molecule has 2 rings (SSSR count). The molecule has 0 fully saturated rings. The van der Waals surface area contributed by atoms with Crippen molar-refractivity contribution in [1.82, 2.24) is 5.32 Å². The third-order valence-corrected chi connectivity index (χ3v) is 4.34. The number of carbonyl (C=O) groups is 1. The fourth-order valence-corrected chi connectivity index (χ4v) is 2.93. The highest BCUT2D eigenvalue weighted by Crippen LogP contribution is 2.29. The van der Waals surface area contributed by atoms with Gasteiger partial charge in [0.15, 0.2) is 0 Å². The number of methoxy groups -OCH3 is 2. The van der Waals surface area contributed by atoms with Crippen LogP contribution in [0.15, 0.2) is 29.6 Å². The van der Waals surface area contributed by atoms with Crippen molar-refractivity contribution in [3.63, 3.8) is 0 Å². The second-order valence-corrected chi connectivity index (χ2v) is 5.68. The molecule has 1 amide bonds. The Balaban J connectivity index is 2.07. The second kappa shape index (κ2) is 7.29. The molecular formula is C16H19NO4S. The summed E-state index contributed by atoms with van der Waals surface area (Å²) in [6.45, 7) is 1.98. The van der Waals surface area contributed by atoms with Gasteiger partial charge in [-0.3, -0.25) is 4.79 Å². The molecule has 1 aromatic carbocycles. The smallest absolute Gasteiger partial charge is 0.261 e. The molecule has 1 aromatic heterocycles. The molecule has 6 heteroatoms. The zero-order valence-electron chi connectivity index (χ0n) is 12.8. The third kappa shape index (κ3) is 3.58. The summed E-state index contributed by atoms with van der Waals surface area (Å²) in [5, 5.41) is 14.9. The number of ether oxygens (including phenoxy) is 2. The quantitative estimate of drug-likeness (QED) is 0.858. The van der Waals surface area contributed by atoms with Crippen LogP contribution in [-0.2, 0) is 0 Å². The molecule has 0 spiro atoms. The molecule has 22 heavy (non-hydrogen) atoms. The monoisotopic (exact) mass is 321 g/mol. The van der Waals surface area contributed by atoms with Crippen LogP contribution in [0.2, 0.25) is 0 Å². The van der Waals surface area contributed by atoms with Gasteiger partial charge in [-0.05, 0) is 42.1 Å². The Kier molecular flexibility index (Phi) is 5.41. The molecule has 0 aliphatic carbocycles. The minimum Gasteiger partial charge on any atom is -0.497 e. The molecule has 1 heterocycles. The Labute approximate surface area is 133 Å². The van der Waals surface area contributed by atoms with Crippen molar-refractivity contribution < 1.29 is 19.4 Å². The fourth-order valence-electron chi connectivity index (χ4n) is 2.08. The molecule has 0 aliphatic rings. The van der Waals surface area contributed by atoms with E-state index in [1.807, 2.05) is 18.4 Å². The lowest BCUT2D eigenvalue weighted by Crippen LogP contribution is -2.28. The number of hydrogen-bond donors (Lipinski definition) is 2. The van der Waals surface area contributed by atoms with Gasteiger partial charge in [0.2, 0.25) is 0 Å². The van der Waals surface area contributed by atoms with Gasteiger partial charge < -0.3 is 19.9 Å². The van der Waals surface area contributed by atoms with Crippen LogP contribution < -0.4 is 14.8 Å². The van der Waals surface area contributed by atoms with Gasteiger partial charge in [-0.15, -0.1) is 11.3 Å². The van der Waals surface area contributed by atoms with E-state index in [1.165, 1.54) is 18.4 Å². The van der Waals surface area contributed by atoms with Crippen LogP contribution in [0, 0.1) is 6.92 Å². The maximum Gasteiger partial charge on any atom is 0.261 e. The summed E-state index contributed by atoms with van der Waals surface area (Å²) in [6, 6.07) is 7.07. The van der Waals surface area contributed by atoms with Crippen LogP contribution in [0.25, 0.3) is 0 Å². The van der Waals surface area contributed by atoms with Crippen LogP contribution in [0.5, 0.6) is 11.5 Å².